The van der Waals surface area contributed by atoms with Gasteiger partial charge in [0.25, 0.3) is 0 Å². The fourth-order valence-electron chi connectivity index (χ4n) is 3.06. The first kappa shape index (κ1) is 11.7. The van der Waals surface area contributed by atoms with Gasteiger partial charge in [-0.25, -0.2) is 4.79 Å². The molecular weight excluding hydrogens is 204 g/mol. The van der Waals surface area contributed by atoms with Crippen LogP contribution in [0.25, 0.3) is 0 Å². The lowest BCUT2D eigenvalue weighted by Gasteiger charge is -2.38. The summed E-state index contributed by atoms with van der Waals surface area (Å²) in [6, 6.07) is 0. The molecular formula is C12H22N2O2. The van der Waals surface area contributed by atoms with Crippen molar-refractivity contribution in [3.05, 3.63) is 0 Å². The molecule has 92 valence electrons. The monoisotopic (exact) mass is 226 g/mol. The fraction of sp³-hybridized carbons (Fsp3) is 0.917. The number of hydrogen-bond acceptors (Lipinski definition) is 2. The van der Waals surface area contributed by atoms with Crippen molar-refractivity contribution < 1.29 is 9.90 Å². The third kappa shape index (κ3) is 2.67. The molecule has 0 aromatic carbocycles. The van der Waals surface area contributed by atoms with Crippen LogP contribution in [0.1, 0.15) is 25.7 Å². The summed E-state index contributed by atoms with van der Waals surface area (Å²) in [5.74, 6) is 1.61. The normalized spacial score (nSPS) is 25.9. The topological polar surface area (TPSA) is 43.8 Å². The van der Waals surface area contributed by atoms with Crippen molar-refractivity contribution in [2.45, 2.75) is 25.7 Å². The third-order valence-electron chi connectivity index (χ3n) is 4.24. The van der Waals surface area contributed by atoms with Crippen LogP contribution >= 0.6 is 0 Å². The number of amides is 1. The van der Waals surface area contributed by atoms with Gasteiger partial charge in [-0.1, -0.05) is 0 Å². The predicted molar refractivity (Wildman–Crippen MR) is 62.5 cm³/mol. The van der Waals surface area contributed by atoms with E-state index < -0.39 is 6.09 Å². The minimum atomic E-state index is -0.748. The highest BCUT2D eigenvalue weighted by atomic mass is 16.4. The maximum Gasteiger partial charge on any atom is 0.407 e. The number of carbonyl (C=O) groups is 1. The molecule has 0 bridgehead atoms. The Hall–Kier alpha value is -0.770. The van der Waals surface area contributed by atoms with Gasteiger partial charge in [-0.05, 0) is 57.7 Å². The van der Waals surface area contributed by atoms with Crippen LogP contribution in [0.15, 0.2) is 0 Å². The maximum absolute atomic E-state index is 10.8. The molecule has 16 heavy (non-hydrogen) atoms. The lowest BCUT2D eigenvalue weighted by molar-refractivity contribution is 0.0936. The van der Waals surface area contributed by atoms with E-state index in [1.165, 1.54) is 25.9 Å². The van der Waals surface area contributed by atoms with Gasteiger partial charge in [0.15, 0.2) is 0 Å². The summed E-state index contributed by atoms with van der Waals surface area (Å²) in [5.41, 5.74) is 0. The number of likely N-dealkylation sites (tertiary alicyclic amines) is 2. The Labute approximate surface area is 97.2 Å². The molecule has 2 rings (SSSR count). The first-order chi connectivity index (χ1) is 7.66. The molecule has 1 N–H and O–H groups in total. The second-order valence-electron chi connectivity index (χ2n) is 5.25. The van der Waals surface area contributed by atoms with Gasteiger partial charge in [0.2, 0.25) is 0 Å². The molecule has 0 atom stereocenters. The summed E-state index contributed by atoms with van der Waals surface area (Å²) >= 11 is 0. The summed E-state index contributed by atoms with van der Waals surface area (Å²) in [4.78, 5) is 14.8. The summed E-state index contributed by atoms with van der Waals surface area (Å²) in [6.45, 7) is 3.91. The molecule has 0 aliphatic carbocycles. The molecule has 2 aliphatic heterocycles. The van der Waals surface area contributed by atoms with Gasteiger partial charge in [-0.15, -0.1) is 0 Å². The maximum atomic E-state index is 10.8. The van der Waals surface area contributed by atoms with E-state index in [9.17, 15) is 4.79 Å². The highest BCUT2D eigenvalue weighted by molar-refractivity contribution is 5.64. The quantitative estimate of drug-likeness (QED) is 0.740. The summed E-state index contributed by atoms with van der Waals surface area (Å²) in [6.07, 6.45) is 3.99. The molecule has 0 saturated carbocycles. The van der Waals surface area contributed by atoms with Crippen molar-refractivity contribution in [1.82, 2.24) is 9.80 Å². The number of carboxylic acid groups (broad SMARTS) is 1. The fourth-order valence-corrected chi connectivity index (χ4v) is 3.06. The number of piperidine rings is 2. The Bertz CT molecular complexity index is 241. The largest absolute Gasteiger partial charge is 0.465 e. The molecule has 2 heterocycles. The lowest BCUT2D eigenvalue weighted by atomic mass is 9.79. The first-order valence-corrected chi connectivity index (χ1v) is 6.33. The van der Waals surface area contributed by atoms with Gasteiger partial charge in [-0.3, -0.25) is 0 Å². The average Bonchev–Trinajstić information content (AvgIpc) is 2.30. The van der Waals surface area contributed by atoms with Crippen LogP contribution in [0.3, 0.4) is 0 Å². The Balaban J connectivity index is 1.78. The molecule has 1 amide bonds. The molecule has 2 aliphatic rings. The molecule has 2 fully saturated rings. The van der Waals surface area contributed by atoms with E-state index >= 15 is 0 Å². The molecule has 0 aromatic heterocycles. The zero-order valence-electron chi connectivity index (χ0n) is 10.1. The average molecular weight is 226 g/mol. The van der Waals surface area contributed by atoms with Crippen LogP contribution in [-0.4, -0.2) is 54.2 Å². The minimum absolute atomic E-state index is 0.742. The molecule has 0 radical (unpaired) electrons. The van der Waals surface area contributed by atoms with E-state index in [0.29, 0.717) is 0 Å². The summed E-state index contributed by atoms with van der Waals surface area (Å²) < 4.78 is 0. The van der Waals surface area contributed by atoms with Crippen molar-refractivity contribution in [1.29, 1.82) is 0 Å². The number of hydrogen-bond donors (Lipinski definition) is 1. The van der Waals surface area contributed by atoms with Crippen LogP contribution in [0.4, 0.5) is 4.79 Å². The lowest BCUT2D eigenvalue weighted by Crippen LogP contribution is -2.41. The van der Waals surface area contributed by atoms with Crippen LogP contribution in [0.2, 0.25) is 0 Å². The van der Waals surface area contributed by atoms with Gasteiger partial charge >= 0.3 is 6.09 Å². The van der Waals surface area contributed by atoms with Gasteiger partial charge in [0.05, 0.1) is 0 Å². The van der Waals surface area contributed by atoms with E-state index in [0.717, 1.165) is 37.8 Å². The van der Waals surface area contributed by atoms with Gasteiger partial charge < -0.3 is 14.9 Å². The first-order valence-electron chi connectivity index (χ1n) is 6.33. The van der Waals surface area contributed by atoms with Crippen LogP contribution < -0.4 is 0 Å². The number of nitrogens with zero attached hydrogens (tertiary/aromatic N) is 2. The summed E-state index contributed by atoms with van der Waals surface area (Å²) in [7, 11) is 2.18. The Morgan fingerprint density at radius 1 is 1.00 bits per heavy atom. The van der Waals surface area contributed by atoms with E-state index in [-0.39, 0.29) is 0 Å². The highest BCUT2D eigenvalue weighted by Gasteiger charge is 2.29. The van der Waals surface area contributed by atoms with Crippen molar-refractivity contribution in [2.75, 3.05) is 33.2 Å². The van der Waals surface area contributed by atoms with Crippen molar-refractivity contribution >= 4 is 6.09 Å². The van der Waals surface area contributed by atoms with E-state index in [1.54, 1.807) is 4.90 Å². The van der Waals surface area contributed by atoms with E-state index in [1.807, 2.05) is 0 Å². The zero-order chi connectivity index (χ0) is 11.5. The Kier molecular flexibility index (Phi) is 3.69. The van der Waals surface area contributed by atoms with Gasteiger partial charge in [0.1, 0.15) is 0 Å². The standard InChI is InChI=1S/C12H22N2O2/c1-13-6-2-10(3-7-13)11-4-8-14(9-5-11)12(15)16/h10-11H,2-9H2,1H3,(H,15,16). The van der Waals surface area contributed by atoms with Gasteiger partial charge in [0, 0.05) is 13.1 Å². The Morgan fingerprint density at radius 3 is 1.88 bits per heavy atom. The Morgan fingerprint density at radius 2 is 1.44 bits per heavy atom. The molecule has 0 aromatic rings. The molecule has 2 saturated heterocycles. The highest BCUT2D eigenvalue weighted by Crippen LogP contribution is 2.31. The van der Waals surface area contributed by atoms with Crippen LogP contribution in [0, 0.1) is 11.8 Å². The van der Waals surface area contributed by atoms with Crippen LogP contribution in [0.5, 0.6) is 0 Å². The van der Waals surface area contributed by atoms with Crippen LogP contribution in [-0.2, 0) is 0 Å². The summed E-state index contributed by atoms with van der Waals surface area (Å²) in [5, 5.41) is 8.89. The number of rotatable bonds is 1. The smallest absolute Gasteiger partial charge is 0.407 e. The second kappa shape index (κ2) is 5.04. The molecule has 0 spiro atoms. The minimum Gasteiger partial charge on any atom is -0.465 e. The SMILES string of the molecule is CN1CCC(C2CCN(C(=O)O)CC2)CC1. The zero-order valence-corrected chi connectivity index (χ0v) is 10.1. The molecule has 4 heteroatoms. The second-order valence-corrected chi connectivity index (χ2v) is 5.25. The van der Waals surface area contributed by atoms with Crippen molar-refractivity contribution in [3.8, 4) is 0 Å². The van der Waals surface area contributed by atoms with Gasteiger partial charge in [-0.2, -0.15) is 0 Å². The van der Waals surface area contributed by atoms with E-state index in [2.05, 4.69) is 11.9 Å². The van der Waals surface area contributed by atoms with Crippen molar-refractivity contribution in [2.24, 2.45) is 11.8 Å². The van der Waals surface area contributed by atoms with Crippen molar-refractivity contribution in [3.63, 3.8) is 0 Å². The predicted octanol–water partition coefficient (Wildman–Crippen LogP) is 1.72. The molecule has 0 unspecified atom stereocenters. The molecule has 4 nitrogen and oxygen atoms in total. The van der Waals surface area contributed by atoms with E-state index in [4.69, 9.17) is 5.11 Å². The third-order valence-corrected chi connectivity index (χ3v) is 4.24.